The molecule has 1 aromatic heterocycles. The van der Waals surface area contributed by atoms with Crippen LogP contribution in [-0.2, 0) is 11.2 Å². The molecule has 0 aliphatic rings. The molecule has 0 radical (unpaired) electrons. The molecule has 16 heavy (non-hydrogen) atoms. The van der Waals surface area contributed by atoms with E-state index in [2.05, 4.69) is 16.6 Å². The molecule has 1 heterocycles. The van der Waals surface area contributed by atoms with Crippen molar-refractivity contribution < 1.29 is 9.21 Å². The lowest BCUT2D eigenvalue weighted by Crippen LogP contribution is -2.40. The van der Waals surface area contributed by atoms with Gasteiger partial charge >= 0.3 is 0 Å². The van der Waals surface area contributed by atoms with E-state index in [1.807, 2.05) is 19.1 Å². The molecule has 0 bridgehead atoms. The third-order valence-corrected chi connectivity index (χ3v) is 2.01. The summed E-state index contributed by atoms with van der Waals surface area (Å²) < 4.78 is 5.19. The van der Waals surface area contributed by atoms with E-state index in [0.717, 1.165) is 5.76 Å². The van der Waals surface area contributed by atoms with E-state index in [4.69, 9.17) is 10.8 Å². The van der Waals surface area contributed by atoms with Crippen molar-refractivity contribution in [3.05, 3.63) is 24.2 Å². The lowest BCUT2D eigenvalue weighted by molar-refractivity contribution is -0.120. The second-order valence-electron chi connectivity index (χ2n) is 3.56. The van der Waals surface area contributed by atoms with Crippen LogP contribution in [0.4, 0.5) is 0 Å². The van der Waals surface area contributed by atoms with Crippen molar-refractivity contribution in [2.24, 2.45) is 0 Å². The fourth-order valence-corrected chi connectivity index (χ4v) is 1.36. The average molecular weight is 220 g/mol. The zero-order chi connectivity index (χ0) is 11.8. The number of hydrogen-bond acceptors (Lipinski definition) is 3. The minimum absolute atomic E-state index is 0.0475. The number of furan rings is 1. The highest BCUT2D eigenvalue weighted by atomic mass is 16.3. The zero-order valence-corrected chi connectivity index (χ0v) is 9.32. The van der Waals surface area contributed by atoms with E-state index in [1.54, 1.807) is 6.26 Å². The van der Waals surface area contributed by atoms with Crippen molar-refractivity contribution >= 4 is 5.91 Å². The first-order chi connectivity index (χ1) is 7.72. The Hall–Kier alpha value is -1.73. The molecule has 1 rings (SSSR count). The number of carbonyl (C=O) groups excluding carboxylic acids is 1. The van der Waals surface area contributed by atoms with Crippen LogP contribution in [0.2, 0.25) is 0 Å². The maximum Gasteiger partial charge on any atom is 0.234 e. The minimum atomic E-state index is -0.0608. The van der Waals surface area contributed by atoms with E-state index in [-0.39, 0.29) is 18.5 Å². The summed E-state index contributed by atoms with van der Waals surface area (Å²) in [7, 11) is 0. The van der Waals surface area contributed by atoms with Gasteiger partial charge in [-0.15, -0.1) is 6.42 Å². The monoisotopic (exact) mass is 220 g/mol. The highest BCUT2D eigenvalue weighted by Crippen LogP contribution is 2.03. The van der Waals surface area contributed by atoms with Crippen LogP contribution in [0.3, 0.4) is 0 Å². The molecule has 1 atom stereocenters. The maximum atomic E-state index is 11.4. The van der Waals surface area contributed by atoms with Crippen molar-refractivity contribution in [2.45, 2.75) is 19.4 Å². The van der Waals surface area contributed by atoms with Crippen LogP contribution in [0.15, 0.2) is 22.8 Å². The maximum absolute atomic E-state index is 11.4. The minimum Gasteiger partial charge on any atom is -0.469 e. The first kappa shape index (κ1) is 12.3. The quantitative estimate of drug-likeness (QED) is 0.544. The van der Waals surface area contributed by atoms with Gasteiger partial charge < -0.3 is 9.73 Å². The third-order valence-electron chi connectivity index (χ3n) is 2.01. The van der Waals surface area contributed by atoms with Crippen LogP contribution in [0.25, 0.3) is 0 Å². The summed E-state index contributed by atoms with van der Waals surface area (Å²) in [6.07, 6.45) is 7.36. The van der Waals surface area contributed by atoms with Crippen LogP contribution in [-0.4, -0.2) is 25.0 Å². The average Bonchev–Trinajstić information content (AvgIpc) is 2.70. The number of hydrogen-bond donors (Lipinski definition) is 2. The van der Waals surface area contributed by atoms with Gasteiger partial charge in [0.15, 0.2) is 0 Å². The Kier molecular flexibility index (Phi) is 5.17. The zero-order valence-electron chi connectivity index (χ0n) is 9.32. The summed E-state index contributed by atoms with van der Waals surface area (Å²) in [5.41, 5.74) is 0. The standard InChI is InChI=1S/C12H16N2O2/c1-3-6-13-9-12(15)14-10(2)8-11-5-4-7-16-11/h1,4-5,7,10,13H,6,8-9H2,2H3,(H,14,15). The predicted octanol–water partition coefficient (Wildman–Crippen LogP) is 0.550. The van der Waals surface area contributed by atoms with E-state index in [0.29, 0.717) is 13.0 Å². The number of nitrogens with one attached hydrogen (secondary N) is 2. The third kappa shape index (κ3) is 4.67. The van der Waals surface area contributed by atoms with E-state index >= 15 is 0 Å². The molecular formula is C12H16N2O2. The first-order valence-corrected chi connectivity index (χ1v) is 5.18. The van der Waals surface area contributed by atoms with Crippen molar-refractivity contribution in [2.75, 3.05) is 13.1 Å². The molecule has 2 N–H and O–H groups in total. The van der Waals surface area contributed by atoms with Gasteiger partial charge in [0, 0.05) is 12.5 Å². The van der Waals surface area contributed by atoms with Crippen LogP contribution in [0.1, 0.15) is 12.7 Å². The molecule has 86 valence electrons. The number of amides is 1. The van der Waals surface area contributed by atoms with E-state index < -0.39 is 0 Å². The van der Waals surface area contributed by atoms with Gasteiger partial charge in [-0.1, -0.05) is 5.92 Å². The number of terminal acetylenes is 1. The highest BCUT2D eigenvalue weighted by Gasteiger charge is 2.08. The van der Waals surface area contributed by atoms with Crippen LogP contribution >= 0.6 is 0 Å². The molecular weight excluding hydrogens is 204 g/mol. The van der Waals surface area contributed by atoms with Gasteiger partial charge in [0.25, 0.3) is 0 Å². The summed E-state index contributed by atoms with van der Waals surface area (Å²) in [5.74, 6) is 3.21. The van der Waals surface area contributed by atoms with Gasteiger partial charge in [0.2, 0.25) is 5.91 Å². The van der Waals surface area contributed by atoms with Crippen LogP contribution in [0.5, 0.6) is 0 Å². The molecule has 4 heteroatoms. The van der Waals surface area contributed by atoms with Crippen molar-refractivity contribution in [1.82, 2.24) is 10.6 Å². The predicted molar refractivity (Wildman–Crippen MR) is 61.7 cm³/mol. The lowest BCUT2D eigenvalue weighted by Gasteiger charge is -2.12. The second-order valence-corrected chi connectivity index (χ2v) is 3.56. The Bertz CT molecular complexity index is 352. The van der Waals surface area contributed by atoms with Gasteiger partial charge in [-0.2, -0.15) is 0 Å². The number of carbonyl (C=O) groups is 1. The number of rotatable bonds is 6. The molecule has 0 saturated heterocycles. The largest absolute Gasteiger partial charge is 0.469 e. The molecule has 1 aromatic rings. The second kappa shape index (κ2) is 6.70. The van der Waals surface area contributed by atoms with Gasteiger partial charge in [0.05, 0.1) is 19.4 Å². The Morgan fingerprint density at radius 2 is 2.50 bits per heavy atom. The van der Waals surface area contributed by atoms with Gasteiger partial charge in [-0.25, -0.2) is 0 Å². The Labute approximate surface area is 95.4 Å². The van der Waals surface area contributed by atoms with Gasteiger partial charge in [-0.3, -0.25) is 10.1 Å². The summed E-state index contributed by atoms with van der Waals surface area (Å²) in [6, 6.07) is 3.77. The molecule has 0 aliphatic carbocycles. The van der Waals surface area contributed by atoms with Crippen molar-refractivity contribution in [3.63, 3.8) is 0 Å². The van der Waals surface area contributed by atoms with Crippen molar-refractivity contribution in [1.29, 1.82) is 0 Å². The Balaban J connectivity index is 2.21. The van der Waals surface area contributed by atoms with E-state index in [1.165, 1.54) is 0 Å². The van der Waals surface area contributed by atoms with Crippen molar-refractivity contribution in [3.8, 4) is 12.3 Å². The summed E-state index contributed by atoms with van der Waals surface area (Å²) in [5, 5.41) is 5.67. The highest BCUT2D eigenvalue weighted by molar-refractivity contribution is 5.78. The van der Waals surface area contributed by atoms with E-state index in [9.17, 15) is 4.79 Å². The smallest absolute Gasteiger partial charge is 0.234 e. The first-order valence-electron chi connectivity index (χ1n) is 5.18. The molecule has 0 spiro atoms. The topological polar surface area (TPSA) is 54.3 Å². The molecule has 0 aromatic carbocycles. The molecule has 4 nitrogen and oxygen atoms in total. The van der Waals surface area contributed by atoms with Gasteiger partial charge in [-0.05, 0) is 19.1 Å². The SMILES string of the molecule is C#CCNCC(=O)NC(C)Cc1ccco1. The lowest BCUT2D eigenvalue weighted by atomic mass is 10.2. The summed E-state index contributed by atoms with van der Waals surface area (Å²) >= 11 is 0. The fraction of sp³-hybridized carbons (Fsp3) is 0.417. The molecule has 0 saturated carbocycles. The Morgan fingerprint density at radius 3 is 3.12 bits per heavy atom. The van der Waals surface area contributed by atoms with Crippen LogP contribution < -0.4 is 10.6 Å². The molecule has 1 amide bonds. The Morgan fingerprint density at radius 1 is 1.69 bits per heavy atom. The summed E-state index contributed by atoms with van der Waals surface area (Å²) in [6.45, 7) is 2.58. The fourth-order valence-electron chi connectivity index (χ4n) is 1.36. The molecule has 0 fully saturated rings. The molecule has 0 aliphatic heterocycles. The van der Waals surface area contributed by atoms with Crippen LogP contribution in [0, 0.1) is 12.3 Å². The molecule has 1 unspecified atom stereocenters. The normalized spacial score (nSPS) is 11.8. The van der Waals surface area contributed by atoms with Gasteiger partial charge in [0.1, 0.15) is 5.76 Å². The summed E-state index contributed by atoms with van der Waals surface area (Å²) in [4.78, 5) is 11.4.